The van der Waals surface area contributed by atoms with Crippen LogP contribution in [0.3, 0.4) is 0 Å². The average molecular weight is 284 g/mol. The fourth-order valence-electron chi connectivity index (χ4n) is 1.23. The van der Waals surface area contributed by atoms with Gasteiger partial charge >= 0.3 is 5.97 Å². The Morgan fingerprint density at radius 3 is 2.06 bits per heavy atom. The van der Waals surface area contributed by atoms with E-state index in [-0.39, 0.29) is 39.3 Å². The van der Waals surface area contributed by atoms with Gasteiger partial charge in [-0.25, -0.2) is 0 Å². The fourth-order valence-corrected chi connectivity index (χ4v) is 2.57. The zero-order valence-electron chi connectivity index (χ0n) is 10.6. The van der Waals surface area contributed by atoms with Crippen LogP contribution in [0, 0.1) is 0 Å². The molecule has 0 aliphatic carbocycles. The molecule has 0 fully saturated rings. The van der Waals surface area contributed by atoms with Crippen molar-refractivity contribution >= 4 is 16.2 Å². The van der Waals surface area contributed by atoms with Crippen LogP contribution in [0.4, 0.5) is 0 Å². The minimum Gasteiger partial charge on any atom is -0.469 e. The first-order valence-electron chi connectivity index (χ1n) is 5.40. The van der Waals surface area contributed by atoms with E-state index in [4.69, 9.17) is 10.2 Å². The molecule has 0 rings (SSSR count). The number of carbonyl (C=O) groups is 1. The van der Waals surface area contributed by atoms with Crippen LogP contribution in [0.25, 0.3) is 0 Å². The maximum absolute atomic E-state index is 12.0. The van der Waals surface area contributed by atoms with Gasteiger partial charge in [-0.15, -0.1) is 0 Å². The van der Waals surface area contributed by atoms with Crippen LogP contribution in [-0.4, -0.2) is 80.2 Å². The molecular weight excluding hydrogens is 264 g/mol. The molecule has 0 amide bonds. The van der Waals surface area contributed by atoms with Gasteiger partial charge < -0.3 is 14.9 Å². The van der Waals surface area contributed by atoms with Crippen molar-refractivity contribution in [1.82, 2.24) is 8.61 Å². The Hall–Kier alpha value is -0.740. The van der Waals surface area contributed by atoms with E-state index in [1.54, 1.807) is 0 Å². The van der Waals surface area contributed by atoms with Crippen LogP contribution in [-0.2, 0) is 19.7 Å². The fraction of sp³-hybridized carbons (Fsp3) is 0.889. The number of nitrogens with zero attached hydrogens (tertiary/aromatic N) is 2. The molecule has 18 heavy (non-hydrogen) atoms. The van der Waals surface area contributed by atoms with Crippen molar-refractivity contribution in [3.05, 3.63) is 0 Å². The second-order valence-electron chi connectivity index (χ2n) is 3.50. The Morgan fingerprint density at radius 1 is 1.17 bits per heavy atom. The van der Waals surface area contributed by atoms with E-state index >= 15 is 0 Å². The molecule has 108 valence electrons. The lowest BCUT2D eigenvalue weighted by Crippen LogP contribution is -2.45. The Kier molecular flexibility index (Phi) is 8.03. The van der Waals surface area contributed by atoms with Crippen molar-refractivity contribution in [2.24, 2.45) is 0 Å². The highest BCUT2D eigenvalue weighted by molar-refractivity contribution is 7.86. The van der Waals surface area contributed by atoms with Gasteiger partial charge in [-0.3, -0.25) is 4.79 Å². The van der Waals surface area contributed by atoms with Crippen LogP contribution < -0.4 is 0 Å². The Balaban J connectivity index is 4.60. The third-order valence-electron chi connectivity index (χ3n) is 2.28. The second-order valence-corrected chi connectivity index (χ2v) is 5.54. The lowest BCUT2D eigenvalue weighted by atomic mass is 10.4. The van der Waals surface area contributed by atoms with E-state index in [9.17, 15) is 13.2 Å². The van der Waals surface area contributed by atoms with E-state index in [0.29, 0.717) is 0 Å². The number of methoxy groups -OCH3 is 1. The minimum absolute atomic E-state index is 0.0254. The maximum Gasteiger partial charge on any atom is 0.306 e. The minimum atomic E-state index is -3.79. The van der Waals surface area contributed by atoms with E-state index in [1.807, 2.05) is 0 Å². The number of hydrogen-bond donors (Lipinski definition) is 2. The van der Waals surface area contributed by atoms with E-state index in [1.165, 1.54) is 14.2 Å². The zero-order chi connectivity index (χ0) is 14.2. The third-order valence-corrected chi connectivity index (χ3v) is 4.27. The highest BCUT2D eigenvalue weighted by atomic mass is 32.2. The Labute approximate surface area is 107 Å². The molecule has 2 N–H and O–H groups in total. The number of ether oxygens (including phenoxy) is 1. The predicted octanol–water partition coefficient (Wildman–Crippen LogP) is -1.99. The predicted molar refractivity (Wildman–Crippen MR) is 63.9 cm³/mol. The number of hydrogen-bond acceptors (Lipinski definition) is 6. The van der Waals surface area contributed by atoms with Crippen molar-refractivity contribution in [3.63, 3.8) is 0 Å². The lowest BCUT2D eigenvalue weighted by Gasteiger charge is -2.26. The quantitative estimate of drug-likeness (QED) is 0.475. The van der Waals surface area contributed by atoms with Gasteiger partial charge in [0, 0.05) is 26.7 Å². The van der Waals surface area contributed by atoms with E-state index < -0.39 is 16.2 Å². The molecule has 0 heterocycles. The van der Waals surface area contributed by atoms with Crippen molar-refractivity contribution in [1.29, 1.82) is 0 Å². The van der Waals surface area contributed by atoms with E-state index in [0.717, 1.165) is 8.61 Å². The standard InChI is InChI=1S/C9H20N2O6S/c1-10(4-3-9(14)17-2)18(15,16)11(5-7-12)6-8-13/h12-13H,3-8H2,1-2H3. The molecule has 0 bridgehead atoms. The normalized spacial score (nSPS) is 12.1. The maximum atomic E-state index is 12.0. The highest BCUT2D eigenvalue weighted by Gasteiger charge is 2.26. The third kappa shape index (κ3) is 5.27. The van der Waals surface area contributed by atoms with Crippen molar-refractivity contribution in [3.8, 4) is 0 Å². The molecule has 0 saturated heterocycles. The lowest BCUT2D eigenvalue weighted by molar-refractivity contribution is -0.140. The summed E-state index contributed by atoms with van der Waals surface area (Å²) in [5, 5.41) is 17.6. The first-order valence-corrected chi connectivity index (χ1v) is 6.79. The summed E-state index contributed by atoms with van der Waals surface area (Å²) in [7, 11) is -1.25. The van der Waals surface area contributed by atoms with Gasteiger partial charge in [0.1, 0.15) is 0 Å². The Morgan fingerprint density at radius 2 is 1.67 bits per heavy atom. The van der Waals surface area contributed by atoms with Crippen molar-refractivity contribution in [2.75, 3.05) is 47.0 Å². The summed E-state index contributed by atoms with van der Waals surface area (Å²) in [6.45, 7) is -0.923. The molecule has 0 aliphatic rings. The number of rotatable bonds is 9. The SMILES string of the molecule is COC(=O)CCN(C)S(=O)(=O)N(CCO)CCO. The summed E-state index contributed by atoms with van der Waals surface area (Å²) in [6.07, 6.45) is -0.0572. The van der Waals surface area contributed by atoms with Gasteiger partial charge in [-0.05, 0) is 0 Å². The second kappa shape index (κ2) is 8.38. The number of carbonyl (C=O) groups excluding carboxylic acids is 1. The summed E-state index contributed by atoms with van der Waals surface area (Å²) in [6, 6.07) is 0. The largest absolute Gasteiger partial charge is 0.469 e. The van der Waals surface area contributed by atoms with Gasteiger partial charge in [0.15, 0.2) is 0 Å². The van der Waals surface area contributed by atoms with Crippen molar-refractivity contribution < 1.29 is 28.2 Å². The smallest absolute Gasteiger partial charge is 0.306 e. The molecule has 0 unspecified atom stereocenters. The molecule has 8 nitrogen and oxygen atoms in total. The number of esters is 1. The summed E-state index contributed by atoms with van der Waals surface area (Å²) in [4.78, 5) is 10.9. The molecule has 0 aromatic rings. The van der Waals surface area contributed by atoms with E-state index in [2.05, 4.69) is 4.74 Å². The molecular formula is C9H20N2O6S. The van der Waals surface area contributed by atoms with Gasteiger partial charge in [0.2, 0.25) is 0 Å². The molecule has 0 atom stereocenters. The molecule has 0 spiro atoms. The van der Waals surface area contributed by atoms with Crippen LogP contribution in [0.1, 0.15) is 6.42 Å². The van der Waals surface area contributed by atoms with Gasteiger partial charge in [0.25, 0.3) is 10.2 Å². The first-order chi connectivity index (χ1) is 8.39. The molecule has 0 aromatic carbocycles. The first kappa shape index (κ1) is 17.3. The van der Waals surface area contributed by atoms with Gasteiger partial charge in [-0.1, -0.05) is 0 Å². The molecule has 0 aromatic heterocycles. The Bertz CT molecular complexity index is 339. The van der Waals surface area contributed by atoms with Crippen molar-refractivity contribution in [2.45, 2.75) is 6.42 Å². The summed E-state index contributed by atoms with van der Waals surface area (Å²) >= 11 is 0. The average Bonchev–Trinajstić information content (AvgIpc) is 2.34. The van der Waals surface area contributed by atoms with Crippen LogP contribution in [0.2, 0.25) is 0 Å². The zero-order valence-corrected chi connectivity index (χ0v) is 11.4. The molecule has 0 aliphatic heterocycles. The number of aliphatic hydroxyl groups excluding tert-OH is 2. The summed E-state index contributed by atoms with van der Waals surface area (Å²) in [5.74, 6) is -0.507. The number of aliphatic hydroxyl groups is 2. The summed E-state index contributed by atoms with van der Waals surface area (Å²) in [5.41, 5.74) is 0. The summed E-state index contributed by atoms with van der Waals surface area (Å²) < 4.78 is 30.3. The van der Waals surface area contributed by atoms with Gasteiger partial charge in [0.05, 0.1) is 26.7 Å². The van der Waals surface area contributed by atoms with Crippen LogP contribution >= 0.6 is 0 Å². The topological polar surface area (TPSA) is 107 Å². The molecule has 9 heteroatoms. The van der Waals surface area contributed by atoms with Crippen LogP contribution in [0.5, 0.6) is 0 Å². The van der Waals surface area contributed by atoms with Crippen LogP contribution in [0.15, 0.2) is 0 Å². The monoisotopic (exact) mass is 284 g/mol. The molecule has 0 saturated carbocycles. The highest BCUT2D eigenvalue weighted by Crippen LogP contribution is 2.06. The van der Waals surface area contributed by atoms with Gasteiger partial charge in [-0.2, -0.15) is 17.0 Å². The molecule has 0 radical (unpaired) electrons.